The first-order valence-corrected chi connectivity index (χ1v) is 7.21. The van der Waals surface area contributed by atoms with Gasteiger partial charge in [-0.25, -0.2) is 0 Å². The molecule has 1 aromatic rings. The lowest BCUT2D eigenvalue weighted by molar-refractivity contribution is 0.0921. The molecule has 4 heteroatoms. The summed E-state index contributed by atoms with van der Waals surface area (Å²) in [6.07, 6.45) is 10.3. The van der Waals surface area contributed by atoms with Crippen LogP contribution in [0.5, 0.6) is 0 Å². The van der Waals surface area contributed by atoms with E-state index in [1.54, 1.807) is 12.3 Å². The number of anilines is 1. The summed E-state index contributed by atoms with van der Waals surface area (Å²) in [7, 11) is 0. The van der Waals surface area contributed by atoms with Crippen LogP contribution >= 0.6 is 0 Å². The number of pyridine rings is 1. The summed E-state index contributed by atoms with van der Waals surface area (Å²) in [6.45, 7) is 2.24. The Labute approximate surface area is 114 Å². The number of amides is 1. The van der Waals surface area contributed by atoms with Crippen molar-refractivity contribution in [2.75, 3.05) is 5.73 Å². The molecule has 0 bridgehead atoms. The number of nitrogens with two attached hydrogens (primary N) is 1. The van der Waals surface area contributed by atoms with Crippen LogP contribution in [0.25, 0.3) is 0 Å². The SMILES string of the molecule is CCCC1CCC(NC(=O)c2cnccc2N)CC1. The molecule has 1 aromatic heterocycles. The predicted octanol–water partition coefficient (Wildman–Crippen LogP) is 2.75. The monoisotopic (exact) mass is 261 g/mol. The topological polar surface area (TPSA) is 68.0 Å². The zero-order valence-corrected chi connectivity index (χ0v) is 11.6. The first kappa shape index (κ1) is 13.8. The Hall–Kier alpha value is -1.58. The Balaban J connectivity index is 1.86. The molecule has 2 rings (SSSR count). The number of nitrogens with one attached hydrogen (secondary N) is 1. The molecule has 1 fully saturated rings. The Morgan fingerprint density at radius 3 is 2.79 bits per heavy atom. The molecule has 0 aliphatic heterocycles. The normalized spacial score (nSPS) is 23.0. The summed E-state index contributed by atoms with van der Waals surface area (Å²) < 4.78 is 0. The van der Waals surface area contributed by atoms with Crippen LogP contribution in [0.2, 0.25) is 0 Å². The van der Waals surface area contributed by atoms with Gasteiger partial charge in [-0.05, 0) is 37.7 Å². The summed E-state index contributed by atoms with van der Waals surface area (Å²) >= 11 is 0. The molecule has 1 heterocycles. The van der Waals surface area contributed by atoms with Gasteiger partial charge in [-0.2, -0.15) is 0 Å². The van der Waals surface area contributed by atoms with Crippen LogP contribution in [0, 0.1) is 5.92 Å². The largest absolute Gasteiger partial charge is 0.398 e. The van der Waals surface area contributed by atoms with Crippen molar-refractivity contribution in [3.05, 3.63) is 24.0 Å². The van der Waals surface area contributed by atoms with Crippen molar-refractivity contribution in [2.45, 2.75) is 51.5 Å². The molecule has 1 aliphatic carbocycles. The van der Waals surface area contributed by atoms with Gasteiger partial charge in [0.15, 0.2) is 0 Å². The van der Waals surface area contributed by atoms with E-state index in [0.717, 1.165) is 18.8 Å². The second-order valence-electron chi connectivity index (χ2n) is 5.44. The van der Waals surface area contributed by atoms with Crippen molar-refractivity contribution in [3.63, 3.8) is 0 Å². The lowest BCUT2D eigenvalue weighted by atomic mass is 9.83. The number of rotatable bonds is 4. The number of hydrogen-bond donors (Lipinski definition) is 2. The van der Waals surface area contributed by atoms with Gasteiger partial charge in [-0.15, -0.1) is 0 Å². The molecule has 1 aliphatic rings. The van der Waals surface area contributed by atoms with Crippen LogP contribution in [0.15, 0.2) is 18.5 Å². The van der Waals surface area contributed by atoms with Gasteiger partial charge >= 0.3 is 0 Å². The van der Waals surface area contributed by atoms with Gasteiger partial charge in [-0.1, -0.05) is 19.8 Å². The molecular formula is C15H23N3O. The average molecular weight is 261 g/mol. The third-order valence-electron chi connectivity index (χ3n) is 3.98. The number of carbonyl (C=O) groups is 1. The van der Waals surface area contributed by atoms with Crippen LogP contribution in [-0.2, 0) is 0 Å². The number of carbonyl (C=O) groups excluding carboxylic acids is 1. The summed E-state index contributed by atoms with van der Waals surface area (Å²) in [4.78, 5) is 16.1. The summed E-state index contributed by atoms with van der Waals surface area (Å²) in [5.41, 5.74) is 6.76. The highest BCUT2D eigenvalue weighted by atomic mass is 16.1. The summed E-state index contributed by atoms with van der Waals surface area (Å²) in [5.74, 6) is 0.756. The van der Waals surface area contributed by atoms with Gasteiger partial charge in [0.2, 0.25) is 0 Å². The summed E-state index contributed by atoms with van der Waals surface area (Å²) in [6, 6.07) is 1.95. The molecule has 19 heavy (non-hydrogen) atoms. The Kier molecular flexibility index (Phi) is 4.77. The van der Waals surface area contributed by atoms with Crippen molar-refractivity contribution < 1.29 is 4.79 Å². The lowest BCUT2D eigenvalue weighted by Gasteiger charge is -2.29. The molecule has 0 spiro atoms. The van der Waals surface area contributed by atoms with Gasteiger partial charge in [0.25, 0.3) is 5.91 Å². The highest BCUT2D eigenvalue weighted by Crippen LogP contribution is 2.27. The zero-order valence-electron chi connectivity index (χ0n) is 11.6. The molecular weight excluding hydrogens is 238 g/mol. The van der Waals surface area contributed by atoms with Gasteiger partial charge in [0.05, 0.1) is 5.56 Å². The summed E-state index contributed by atoms with van der Waals surface area (Å²) in [5, 5.41) is 3.08. The lowest BCUT2D eigenvalue weighted by Crippen LogP contribution is -2.38. The number of nitrogens with zero attached hydrogens (tertiary/aromatic N) is 1. The zero-order chi connectivity index (χ0) is 13.7. The minimum Gasteiger partial charge on any atom is -0.398 e. The van der Waals surface area contributed by atoms with E-state index in [9.17, 15) is 4.79 Å². The maximum Gasteiger partial charge on any atom is 0.255 e. The Morgan fingerprint density at radius 2 is 2.16 bits per heavy atom. The fourth-order valence-corrected chi connectivity index (χ4v) is 2.86. The van der Waals surface area contributed by atoms with E-state index in [1.807, 2.05) is 0 Å². The van der Waals surface area contributed by atoms with E-state index in [1.165, 1.54) is 31.9 Å². The highest BCUT2D eigenvalue weighted by Gasteiger charge is 2.22. The maximum absolute atomic E-state index is 12.1. The molecule has 0 atom stereocenters. The molecule has 104 valence electrons. The van der Waals surface area contributed by atoms with E-state index in [-0.39, 0.29) is 5.91 Å². The van der Waals surface area contributed by atoms with Crippen molar-refractivity contribution in [3.8, 4) is 0 Å². The molecule has 1 saturated carbocycles. The first-order valence-electron chi connectivity index (χ1n) is 7.21. The molecule has 4 nitrogen and oxygen atoms in total. The van der Waals surface area contributed by atoms with Crippen LogP contribution in [0.3, 0.4) is 0 Å². The van der Waals surface area contributed by atoms with Crippen LogP contribution in [-0.4, -0.2) is 16.9 Å². The van der Waals surface area contributed by atoms with Crippen molar-refractivity contribution >= 4 is 11.6 Å². The minimum absolute atomic E-state index is 0.0930. The molecule has 0 radical (unpaired) electrons. The van der Waals surface area contributed by atoms with E-state index < -0.39 is 0 Å². The quantitative estimate of drug-likeness (QED) is 0.875. The number of hydrogen-bond acceptors (Lipinski definition) is 3. The smallest absolute Gasteiger partial charge is 0.255 e. The fraction of sp³-hybridized carbons (Fsp3) is 0.600. The Morgan fingerprint density at radius 1 is 1.42 bits per heavy atom. The van der Waals surface area contributed by atoms with Gasteiger partial charge in [-0.3, -0.25) is 9.78 Å². The molecule has 0 aromatic carbocycles. The van der Waals surface area contributed by atoms with Crippen LogP contribution in [0.4, 0.5) is 5.69 Å². The second kappa shape index (κ2) is 6.55. The highest BCUT2D eigenvalue weighted by molar-refractivity contribution is 5.98. The van der Waals surface area contributed by atoms with E-state index >= 15 is 0 Å². The standard InChI is InChI=1S/C15H23N3O/c1-2-3-11-4-6-12(7-5-11)18-15(19)13-10-17-9-8-14(13)16/h8-12H,2-7H2,1H3,(H2,16,17)(H,18,19). The molecule has 3 N–H and O–H groups in total. The maximum atomic E-state index is 12.1. The van der Waals surface area contributed by atoms with Crippen molar-refractivity contribution in [1.29, 1.82) is 0 Å². The Bertz CT molecular complexity index is 425. The predicted molar refractivity (Wildman–Crippen MR) is 76.8 cm³/mol. The third kappa shape index (κ3) is 3.69. The minimum atomic E-state index is -0.0930. The molecule has 1 amide bonds. The van der Waals surface area contributed by atoms with E-state index in [0.29, 0.717) is 17.3 Å². The number of nitrogen functional groups attached to an aromatic ring is 1. The van der Waals surface area contributed by atoms with Crippen LogP contribution < -0.4 is 11.1 Å². The average Bonchev–Trinajstić information content (AvgIpc) is 2.42. The van der Waals surface area contributed by atoms with Crippen molar-refractivity contribution in [2.24, 2.45) is 5.92 Å². The molecule has 0 unspecified atom stereocenters. The van der Waals surface area contributed by atoms with Gasteiger partial charge < -0.3 is 11.1 Å². The first-order chi connectivity index (χ1) is 9.20. The number of aromatic nitrogens is 1. The fourth-order valence-electron chi connectivity index (χ4n) is 2.86. The van der Waals surface area contributed by atoms with Crippen LogP contribution in [0.1, 0.15) is 55.8 Å². The third-order valence-corrected chi connectivity index (χ3v) is 3.98. The van der Waals surface area contributed by atoms with Crippen molar-refractivity contribution in [1.82, 2.24) is 10.3 Å². The van der Waals surface area contributed by atoms with Gasteiger partial charge in [0.1, 0.15) is 0 Å². The molecule has 0 saturated heterocycles. The second-order valence-corrected chi connectivity index (χ2v) is 5.44. The van der Waals surface area contributed by atoms with Gasteiger partial charge in [0, 0.05) is 24.1 Å². The van der Waals surface area contributed by atoms with E-state index in [2.05, 4.69) is 17.2 Å². The van der Waals surface area contributed by atoms with E-state index in [4.69, 9.17) is 5.73 Å².